The van der Waals surface area contributed by atoms with E-state index in [1.165, 1.54) is 5.56 Å². The second-order valence-electron chi connectivity index (χ2n) is 3.91. The first-order valence-electron chi connectivity index (χ1n) is 4.09. The third kappa shape index (κ3) is 2.00. The molecule has 0 saturated carbocycles. The van der Waals surface area contributed by atoms with E-state index in [0.29, 0.717) is 0 Å². The molecule has 0 unspecified atom stereocenters. The summed E-state index contributed by atoms with van der Waals surface area (Å²) < 4.78 is 5.12. The summed E-state index contributed by atoms with van der Waals surface area (Å²) in [4.78, 5) is 0. The summed E-state index contributed by atoms with van der Waals surface area (Å²) in [5, 5.41) is 0. The lowest BCUT2D eigenvalue weighted by atomic mass is 9.87. The van der Waals surface area contributed by atoms with Gasteiger partial charge in [-0.05, 0) is 29.2 Å². The molecule has 0 bridgehead atoms. The number of hydrogen-bond acceptors (Lipinski definition) is 1. The fraction of sp³-hybridized carbons (Fsp3) is 0.455. The van der Waals surface area contributed by atoms with Gasteiger partial charge in [0.25, 0.3) is 0 Å². The number of ether oxygens (including phenoxy) is 1. The van der Waals surface area contributed by atoms with Crippen molar-refractivity contribution in [3.63, 3.8) is 0 Å². The maximum Gasteiger partial charge on any atom is 0.119 e. The van der Waals surface area contributed by atoms with Gasteiger partial charge in [0.2, 0.25) is 0 Å². The number of methoxy groups -OCH3 is 1. The quantitative estimate of drug-likeness (QED) is 0.618. The zero-order valence-electron chi connectivity index (χ0n) is 8.14. The molecule has 0 fully saturated rings. The van der Waals surface area contributed by atoms with Crippen LogP contribution in [0.3, 0.4) is 0 Å². The summed E-state index contributed by atoms with van der Waals surface area (Å²) in [6, 6.07) is 8.96. The van der Waals surface area contributed by atoms with Crippen molar-refractivity contribution in [1.29, 1.82) is 0 Å². The Morgan fingerprint density at radius 1 is 1.25 bits per heavy atom. The molecule has 0 aliphatic carbocycles. The highest BCUT2D eigenvalue weighted by Gasteiger charge is 2.13. The van der Waals surface area contributed by atoms with E-state index >= 15 is 0 Å². The van der Waals surface area contributed by atoms with Crippen LogP contribution >= 0.6 is 0 Å². The van der Waals surface area contributed by atoms with Gasteiger partial charge >= 0.3 is 0 Å². The van der Waals surface area contributed by atoms with Gasteiger partial charge in [-0.3, -0.25) is 0 Å². The highest BCUT2D eigenvalue weighted by atomic mass is 16.5. The van der Waals surface area contributed by atoms with Gasteiger partial charge in [-0.25, -0.2) is 0 Å². The van der Waals surface area contributed by atoms with E-state index in [1.54, 1.807) is 7.11 Å². The molecular formula is C11H15O. The van der Waals surface area contributed by atoms with Crippen LogP contribution in [-0.2, 0) is 5.41 Å². The molecule has 1 aromatic carbocycles. The topological polar surface area (TPSA) is 9.23 Å². The van der Waals surface area contributed by atoms with E-state index in [-0.39, 0.29) is 5.41 Å². The first kappa shape index (κ1) is 9.11. The van der Waals surface area contributed by atoms with Crippen LogP contribution < -0.4 is 4.74 Å². The van der Waals surface area contributed by atoms with Crippen molar-refractivity contribution in [2.45, 2.75) is 26.2 Å². The monoisotopic (exact) mass is 163 g/mol. The molecule has 1 aromatic rings. The number of hydrogen-bond donors (Lipinski definition) is 0. The van der Waals surface area contributed by atoms with Crippen LogP contribution in [0.4, 0.5) is 0 Å². The Morgan fingerprint density at radius 3 is 2.42 bits per heavy atom. The molecule has 0 atom stereocenters. The lowest BCUT2D eigenvalue weighted by Crippen LogP contribution is -2.10. The second-order valence-corrected chi connectivity index (χ2v) is 3.91. The molecule has 65 valence electrons. The van der Waals surface area contributed by atoms with Crippen LogP contribution in [0, 0.1) is 6.07 Å². The first-order valence-corrected chi connectivity index (χ1v) is 4.09. The lowest BCUT2D eigenvalue weighted by molar-refractivity contribution is 0.412. The van der Waals surface area contributed by atoms with E-state index in [0.717, 1.165) is 5.75 Å². The molecule has 1 heteroatoms. The predicted octanol–water partition coefficient (Wildman–Crippen LogP) is 2.79. The SMILES string of the molecule is COc1c[c]cc(C(C)(C)C)c1. The van der Waals surface area contributed by atoms with E-state index in [2.05, 4.69) is 32.9 Å². The molecule has 12 heavy (non-hydrogen) atoms. The highest BCUT2D eigenvalue weighted by molar-refractivity contribution is 5.31. The van der Waals surface area contributed by atoms with E-state index in [1.807, 2.05) is 12.1 Å². The summed E-state index contributed by atoms with van der Waals surface area (Å²) in [7, 11) is 1.68. The molecule has 0 aliphatic rings. The molecular weight excluding hydrogens is 148 g/mol. The van der Waals surface area contributed by atoms with E-state index in [4.69, 9.17) is 4.74 Å². The van der Waals surface area contributed by atoms with Gasteiger partial charge < -0.3 is 4.74 Å². The van der Waals surface area contributed by atoms with Crippen LogP contribution in [0.1, 0.15) is 26.3 Å². The fourth-order valence-electron chi connectivity index (χ4n) is 1.00. The summed E-state index contributed by atoms with van der Waals surface area (Å²) in [6.07, 6.45) is 0. The molecule has 0 aromatic heterocycles. The zero-order chi connectivity index (χ0) is 9.19. The van der Waals surface area contributed by atoms with Crippen molar-refractivity contribution in [1.82, 2.24) is 0 Å². The van der Waals surface area contributed by atoms with Crippen LogP contribution in [0.15, 0.2) is 18.2 Å². The van der Waals surface area contributed by atoms with Crippen molar-refractivity contribution >= 4 is 0 Å². The predicted molar refractivity (Wildman–Crippen MR) is 50.5 cm³/mol. The molecule has 0 spiro atoms. The van der Waals surface area contributed by atoms with Crippen LogP contribution in [0.5, 0.6) is 5.75 Å². The third-order valence-corrected chi connectivity index (χ3v) is 1.86. The molecule has 1 nitrogen and oxygen atoms in total. The smallest absolute Gasteiger partial charge is 0.119 e. The van der Waals surface area contributed by atoms with Gasteiger partial charge in [-0.1, -0.05) is 26.8 Å². The Balaban J connectivity index is 3.02. The van der Waals surface area contributed by atoms with Crippen molar-refractivity contribution in [2.75, 3.05) is 7.11 Å². The molecule has 0 amide bonds. The Bertz CT molecular complexity index is 258. The summed E-state index contributed by atoms with van der Waals surface area (Å²) in [5.74, 6) is 0.877. The van der Waals surface area contributed by atoms with Crippen molar-refractivity contribution < 1.29 is 4.74 Å². The molecule has 0 saturated heterocycles. The fourth-order valence-corrected chi connectivity index (χ4v) is 1.00. The average Bonchev–Trinajstić information content (AvgIpc) is 2.03. The normalized spacial score (nSPS) is 11.3. The standard InChI is InChI=1S/C11H15O/c1-11(2,3)9-6-5-7-10(8-9)12-4/h6-8H,1-4H3. The van der Waals surface area contributed by atoms with Crippen molar-refractivity contribution in [2.24, 2.45) is 0 Å². The average molecular weight is 163 g/mol. The minimum absolute atomic E-state index is 0.172. The molecule has 1 rings (SSSR count). The van der Waals surface area contributed by atoms with Gasteiger partial charge in [-0.2, -0.15) is 0 Å². The van der Waals surface area contributed by atoms with Gasteiger partial charge in [0.15, 0.2) is 0 Å². The maximum absolute atomic E-state index is 5.12. The minimum Gasteiger partial charge on any atom is -0.497 e. The zero-order valence-corrected chi connectivity index (χ0v) is 8.14. The van der Waals surface area contributed by atoms with Gasteiger partial charge in [0.05, 0.1) is 7.11 Å². The van der Waals surface area contributed by atoms with E-state index in [9.17, 15) is 0 Å². The van der Waals surface area contributed by atoms with Crippen LogP contribution in [-0.4, -0.2) is 7.11 Å². The molecule has 0 aliphatic heterocycles. The Hall–Kier alpha value is -0.980. The third-order valence-electron chi connectivity index (χ3n) is 1.86. The van der Waals surface area contributed by atoms with Crippen molar-refractivity contribution in [3.8, 4) is 5.75 Å². The van der Waals surface area contributed by atoms with Crippen molar-refractivity contribution in [3.05, 3.63) is 29.8 Å². The maximum atomic E-state index is 5.12. The Kier molecular flexibility index (Phi) is 2.41. The summed E-state index contributed by atoms with van der Waals surface area (Å²) >= 11 is 0. The van der Waals surface area contributed by atoms with E-state index < -0.39 is 0 Å². The highest BCUT2D eigenvalue weighted by Crippen LogP contribution is 2.24. The molecule has 0 heterocycles. The molecule has 0 N–H and O–H groups in total. The number of benzene rings is 1. The molecule has 1 radical (unpaired) electrons. The Labute approximate surface area is 74.4 Å². The Morgan fingerprint density at radius 2 is 1.92 bits per heavy atom. The van der Waals surface area contributed by atoms with Gasteiger partial charge in [-0.15, -0.1) is 0 Å². The minimum atomic E-state index is 0.172. The summed E-state index contributed by atoms with van der Waals surface area (Å²) in [5.41, 5.74) is 1.42. The number of rotatable bonds is 1. The largest absolute Gasteiger partial charge is 0.497 e. The second kappa shape index (κ2) is 3.18. The summed E-state index contributed by atoms with van der Waals surface area (Å²) in [6.45, 7) is 6.53. The van der Waals surface area contributed by atoms with Crippen LogP contribution in [0.2, 0.25) is 0 Å². The lowest BCUT2D eigenvalue weighted by Gasteiger charge is -2.19. The van der Waals surface area contributed by atoms with Gasteiger partial charge in [0, 0.05) is 0 Å². The first-order chi connectivity index (χ1) is 5.54. The van der Waals surface area contributed by atoms with Crippen LogP contribution in [0.25, 0.3) is 0 Å². The van der Waals surface area contributed by atoms with Gasteiger partial charge in [0.1, 0.15) is 5.75 Å².